The Morgan fingerprint density at radius 1 is 1.11 bits per heavy atom. The molecule has 8 heteroatoms. The molecular formula is C27H25FN4O2S. The molecule has 0 spiro atoms. The minimum atomic E-state index is -1.22. The lowest BCUT2D eigenvalue weighted by Crippen LogP contribution is -2.63. The van der Waals surface area contributed by atoms with Gasteiger partial charge in [-0.25, -0.2) is 4.39 Å². The maximum absolute atomic E-state index is 13.9. The zero-order chi connectivity index (χ0) is 24.6. The van der Waals surface area contributed by atoms with Crippen molar-refractivity contribution in [2.45, 2.75) is 39.0 Å². The van der Waals surface area contributed by atoms with Gasteiger partial charge in [0.15, 0.2) is 0 Å². The van der Waals surface area contributed by atoms with E-state index in [-0.39, 0.29) is 30.7 Å². The summed E-state index contributed by atoms with van der Waals surface area (Å²) in [6, 6.07) is 19.7. The largest absolute Gasteiger partial charge is 0.350 e. The van der Waals surface area contributed by atoms with Crippen LogP contribution >= 0.6 is 11.3 Å². The predicted molar refractivity (Wildman–Crippen MR) is 133 cm³/mol. The molecule has 4 aromatic rings. The zero-order valence-corrected chi connectivity index (χ0v) is 20.3. The number of fused-ring (bicyclic) bond motifs is 1. The van der Waals surface area contributed by atoms with Crippen LogP contribution in [0.25, 0.3) is 10.6 Å². The molecule has 2 amide bonds. The van der Waals surface area contributed by atoms with Crippen LogP contribution in [-0.4, -0.2) is 32.0 Å². The Bertz CT molecular complexity index is 1380. The summed E-state index contributed by atoms with van der Waals surface area (Å²) < 4.78 is 15.5. The normalized spacial score (nSPS) is 17.3. The van der Waals surface area contributed by atoms with E-state index < -0.39 is 5.54 Å². The van der Waals surface area contributed by atoms with Crippen LogP contribution in [0.15, 0.2) is 72.1 Å². The predicted octanol–water partition coefficient (Wildman–Crippen LogP) is 4.79. The third-order valence-corrected chi connectivity index (χ3v) is 7.26. The third-order valence-electron chi connectivity index (χ3n) is 6.36. The number of rotatable bonds is 6. The van der Waals surface area contributed by atoms with E-state index in [0.717, 1.165) is 16.0 Å². The molecule has 1 N–H and O–H groups in total. The topological polar surface area (TPSA) is 67.2 Å². The molecular weight excluding hydrogens is 463 g/mol. The van der Waals surface area contributed by atoms with Crippen LogP contribution in [0.3, 0.4) is 0 Å². The van der Waals surface area contributed by atoms with Crippen molar-refractivity contribution in [3.63, 3.8) is 0 Å². The van der Waals surface area contributed by atoms with Crippen molar-refractivity contribution >= 4 is 23.2 Å². The summed E-state index contributed by atoms with van der Waals surface area (Å²) >= 11 is 1.54. The fourth-order valence-corrected chi connectivity index (χ4v) is 5.01. The van der Waals surface area contributed by atoms with Gasteiger partial charge in [-0.1, -0.05) is 48.0 Å². The minimum absolute atomic E-state index is 0.102. The van der Waals surface area contributed by atoms with Gasteiger partial charge in [0.25, 0.3) is 5.91 Å². The average molecular weight is 489 g/mol. The monoisotopic (exact) mass is 488 g/mol. The zero-order valence-electron chi connectivity index (χ0n) is 19.5. The average Bonchev–Trinajstić information content (AvgIpc) is 3.51. The van der Waals surface area contributed by atoms with Gasteiger partial charge in [-0.3, -0.25) is 14.3 Å². The van der Waals surface area contributed by atoms with E-state index in [1.807, 2.05) is 48.7 Å². The summed E-state index contributed by atoms with van der Waals surface area (Å²) in [5, 5.41) is 9.59. The number of thiophene rings is 1. The number of aromatic nitrogens is 2. The van der Waals surface area contributed by atoms with E-state index in [1.54, 1.807) is 29.8 Å². The van der Waals surface area contributed by atoms with E-state index in [9.17, 15) is 14.0 Å². The van der Waals surface area contributed by atoms with Crippen LogP contribution < -0.4 is 5.32 Å². The Labute approximate surface area is 207 Å². The third kappa shape index (κ3) is 4.49. The summed E-state index contributed by atoms with van der Waals surface area (Å²) in [5.74, 6) is -0.993. The van der Waals surface area contributed by atoms with Crippen LogP contribution in [0, 0.1) is 12.7 Å². The number of nitrogens with one attached hydrogen (secondary N) is 1. The van der Waals surface area contributed by atoms with Crippen molar-refractivity contribution in [2.24, 2.45) is 0 Å². The van der Waals surface area contributed by atoms with E-state index >= 15 is 0 Å². The molecule has 0 bridgehead atoms. The van der Waals surface area contributed by atoms with Crippen molar-refractivity contribution in [2.75, 3.05) is 0 Å². The van der Waals surface area contributed by atoms with Gasteiger partial charge < -0.3 is 10.2 Å². The van der Waals surface area contributed by atoms with Crippen molar-refractivity contribution in [3.8, 4) is 10.6 Å². The number of carbonyl (C=O) groups excluding carboxylic acids is 2. The molecule has 1 atom stereocenters. The quantitative estimate of drug-likeness (QED) is 0.424. The summed E-state index contributed by atoms with van der Waals surface area (Å²) in [6.07, 6.45) is 0. The highest BCUT2D eigenvalue weighted by atomic mass is 32.1. The lowest BCUT2D eigenvalue weighted by molar-refractivity contribution is -0.133. The molecule has 3 heterocycles. The molecule has 0 saturated carbocycles. The van der Waals surface area contributed by atoms with E-state index in [4.69, 9.17) is 0 Å². The molecule has 0 fully saturated rings. The standard InChI is InChI=1S/C27H25FN4O2S/c1-18-8-10-19(11-9-18)15-29-26(34)27(2)17-32-23(14-22(30-32)24-7-4-12-35-24)25(33)31(27)16-20-5-3-6-21(28)13-20/h3-14H,15-17H2,1-2H3,(H,29,34)/t27-/m0/s1. The lowest BCUT2D eigenvalue weighted by atomic mass is 9.94. The molecule has 0 unspecified atom stereocenters. The minimum Gasteiger partial charge on any atom is -0.350 e. The SMILES string of the molecule is Cc1ccc(CNC(=O)[C@]2(C)Cn3nc(-c4cccs4)cc3C(=O)N2Cc2cccc(F)c2)cc1. The fraction of sp³-hybridized carbons (Fsp3) is 0.222. The number of carbonyl (C=O) groups is 2. The summed E-state index contributed by atoms with van der Waals surface area (Å²) in [4.78, 5) is 29.8. The number of amides is 2. The molecule has 6 nitrogen and oxygen atoms in total. The van der Waals surface area contributed by atoms with Crippen LogP contribution in [0.1, 0.15) is 34.1 Å². The van der Waals surface area contributed by atoms with Crippen LogP contribution in [0.4, 0.5) is 4.39 Å². The first-order chi connectivity index (χ1) is 16.8. The Morgan fingerprint density at radius 2 is 1.91 bits per heavy atom. The molecule has 0 saturated heterocycles. The van der Waals surface area contributed by atoms with Gasteiger partial charge >= 0.3 is 0 Å². The van der Waals surface area contributed by atoms with Gasteiger partial charge in [-0.05, 0) is 54.6 Å². The first-order valence-electron chi connectivity index (χ1n) is 11.4. The number of hydrogen-bond acceptors (Lipinski definition) is 4. The van der Waals surface area contributed by atoms with Gasteiger partial charge in [-0.2, -0.15) is 5.10 Å². The maximum atomic E-state index is 13.9. The van der Waals surface area contributed by atoms with Crippen LogP contribution in [0.2, 0.25) is 0 Å². The second kappa shape index (κ2) is 9.11. The van der Waals surface area contributed by atoms with Gasteiger partial charge in [0.05, 0.1) is 11.4 Å². The van der Waals surface area contributed by atoms with E-state index in [2.05, 4.69) is 10.4 Å². The van der Waals surface area contributed by atoms with Crippen LogP contribution in [0.5, 0.6) is 0 Å². The molecule has 5 rings (SSSR count). The van der Waals surface area contributed by atoms with E-state index in [1.165, 1.54) is 28.4 Å². The number of nitrogens with zero attached hydrogens (tertiary/aromatic N) is 3. The number of aryl methyl sites for hydroxylation is 1. The van der Waals surface area contributed by atoms with Crippen molar-refractivity contribution < 1.29 is 14.0 Å². The Hall–Kier alpha value is -3.78. The molecule has 2 aromatic carbocycles. The van der Waals surface area contributed by atoms with Gasteiger partial charge in [0.2, 0.25) is 5.91 Å². The highest BCUT2D eigenvalue weighted by molar-refractivity contribution is 7.13. The maximum Gasteiger partial charge on any atom is 0.273 e. The molecule has 2 aromatic heterocycles. The number of benzene rings is 2. The molecule has 0 aliphatic carbocycles. The number of hydrogen-bond donors (Lipinski definition) is 1. The van der Waals surface area contributed by atoms with Crippen LogP contribution in [-0.2, 0) is 24.4 Å². The highest BCUT2D eigenvalue weighted by Gasteiger charge is 2.48. The van der Waals surface area contributed by atoms with Gasteiger partial charge in [0, 0.05) is 13.1 Å². The molecule has 1 aliphatic rings. The van der Waals surface area contributed by atoms with Crippen molar-refractivity contribution in [1.82, 2.24) is 20.0 Å². The second-order valence-corrected chi connectivity index (χ2v) is 9.96. The Kier molecular flexibility index (Phi) is 5.98. The first-order valence-corrected chi connectivity index (χ1v) is 12.2. The summed E-state index contributed by atoms with van der Waals surface area (Å²) in [6.45, 7) is 4.37. The summed E-state index contributed by atoms with van der Waals surface area (Å²) in [7, 11) is 0. The van der Waals surface area contributed by atoms with Gasteiger partial charge in [-0.15, -0.1) is 11.3 Å². The van der Waals surface area contributed by atoms with Gasteiger partial charge in [0.1, 0.15) is 22.7 Å². The molecule has 178 valence electrons. The first kappa shape index (κ1) is 23.0. The Balaban J connectivity index is 1.48. The highest BCUT2D eigenvalue weighted by Crippen LogP contribution is 2.32. The lowest BCUT2D eigenvalue weighted by Gasteiger charge is -2.43. The molecule has 1 aliphatic heterocycles. The second-order valence-electron chi connectivity index (χ2n) is 9.01. The Morgan fingerprint density at radius 3 is 2.63 bits per heavy atom. The smallest absolute Gasteiger partial charge is 0.273 e. The van der Waals surface area contributed by atoms with E-state index in [0.29, 0.717) is 23.5 Å². The molecule has 0 radical (unpaired) electrons. The summed E-state index contributed by atoms with van der Waals surface area (Å²) in [5.41, 5.74) is 2.60. The van der Waals surface area contributed by atoms with Crippen molar-refractivity contribution in [3.05, 3.63) is 100 Å². The molecule has 35 heavy (non-hydrogen) atoms. The fourth-order valence-electron chi connectivity index (χ4n) is 4.33. The number of halogens is 1. The van der Waals surface area contributed by atoms with Crippen molar-refractivity contribution in [1.29, 1.82) is 0 Å².